The molecule has 5 nitrogen and oxygen atoms in total. The third-order valence-electron chi connectivity index (χ3n) is 2.66. The molecular weight excluding hydrogens is 204 g/mol. The van der Waals surface area contributed by atoms with Gasteiger partial charge in [-0.05, 0) is 27.9 Å². The summed E-state index contributed by atoms with van der Waals surface area (Å²) in [5, 5.41) is 0. The summed E-state index contributed by atoms with van der Waals surface area (Å²) >= 11 is 0. The molecule has 0 aliphatic rings. The number of hydrogen-bond acceptors (Lipinski definition) is 5. The summed E-state index contributed by atoms with van der Waals surface area (Å²) in [6, 6.07) is 0. The largest absolute Gasteiger partial charge is 0.475 e. The summed E-state index contributed by atoms with van der Waals surface area (Å²) in [4.78, 5) is 10.3. The molecule has 0 bridgehead atoms. The van der Waals surface area contributed by atoms with E-state index in [2.05, 4.69) is 28.7 Å². The number of aromatic nitrogens is 2. The summed E-state index contributed by atoms with van der Waals surface area (Å²) in [6.45, 7) is 5.14. The molecule has 0 aromatic carbocycles. The van der Waals surface area contributed by atoms with Gasteiger partial charge in [-0.2, -0.15) is 0 Å². The van der Waals surface area contributed by atoms with Crippen LogP contribution in [0.1, 0.15) is 19.5 Å². The van der Waals surface area contributed by atoms with E-state index in [0.717, 1.165) is 5.69 Å². The molecule has 1 aromatic rings. The van der Waals surface area contributed by atoms with Crippen LogP contribution in [0, 0.1) is 0 Å². The number of rotatable bonds is 5. The zero-order valence-corrected chi connectivity index (χ0v) is 10.4. The first-order valence-corrected chi connectivity index (χ1v) is 5.27. The van der Waals surface area contributed by atoms with Crippen LogP contribution < -0.4 is 10.5 Å². The van der Waals surface area contributed by atoms with Crippen molar-refractivity contribution in [3.63, 3.8) is 0 Å². The Morgan fingerprint density at radius 2 is 2.06 bits per heavy atom. The molecule has 16 heavy (non-hydrogen) atoms. The molecule has 0 saturated heterocycles. The number of likely N-dealkylation sites (N-methyl/N-ethyl adjacent to an activating group) is 1. The lowest BCUT2D eigenvalue weighted by molar-refractivity contribution is 0.110. The van der Waals surface area contributed by atoms with Crippen molar-refractivity contribution in [3.8, 4) is 5.88 Å². The van der Waals surface area contributed by atoms with Gasteiger partial charge in [0.25, 0.3) is 0 Å². The number of ether oxygens (including phenoxy) is 1. The molecule has 0 amide bonds. The van der Waals surface area contributed by atoms with Crippen LogP contribution in [0.2, 0.25) is 0 Å². The van der Waals surface area contributed by atoms with E-state index in [-0.39, 0.29) is 5.54 Å². The normalized spacial score (nSPS) is 11.9. The van der Waals surface area contributed by atoms with E-state index in [1.807, 2.05) is 14.1 Å². The van der Waals surface area contributed by atoms with Gasteiger partial charge in [0.1, 0.15) is 6.61 Å². The number of nitrogens with zero attached hydrogens (tertiary/aromatic N) is 3. The second kappa shape index (κ2) is 5.23. The fraction of sp³-hybridized carbons (Fsp3) is 0.636. The second-order valence-electron chi connectivity index (χ2n) is 4.55. The lowest BCUT2D eigenvalue weighted by Crippen LogP contribution is -2.43. The number of hydrogen-bond donors (Lipinski definition) is 1. The summed E-state index contributed by atoms with van der Waals surface area (Å²) in [5.74, 6) is 0.526. The lowest BCUT2D eigenvalue weighted by atomic mass is 10.1. The highest BCUT2D eigenvalue weighted by atomic mass is 16.5. The Labute approximate surface area is 96.6 Å². The summed E-state index contributed by atoms with van der Waals surface area (Å²) in [7, 11) is 4.04. The van der Waals surface area contributed by atoms with Crippen molar-refractivity contribution in [1.82, 2.24) is 14.9 Å². The van der Waals surface area contributed by atoms with Gasteiger partial charge in [-0.25, -0.2) is 4.98 Å². The Morgan fingerprint density at radius 3 is 2.62 bits per heavy atom. The highest BCUT2D eigenvalue weighted by molar-refractivity contribution is 5.08. The summed E-state index contributed by atoms with van der Waals surface area (Å²) in [6.07, 6.45) is 3.24. The van der Waals surface area contributed by atoms with Gasteiger partial charge in [0.2, 0.25) is 5.88 Å². The Balaban J connectivity index is 2.60. The first-order valence-electron chi connectivity index (χ1n) is 5.27. The summed E-state index contributed by atoms with van der Waals surface area (Å²) in [5.41, 5.74) is 6.18. The molecule has 1 rings (SSSR count). The van der Waals surface area contributed by atoms with E-state index in [0.29, 0.717) is 19.0 Å². The van der Waals surface area contributed by atoms with Crippen LogP contribution in [0.3, 0.4) is 0 Å². The molecule has 0 spiro atoms. The van der Waals surface area contributed by atoms with Crippen molar-refractivity contribution in [2.45, 2.75) is 25.9 Å². The van der Waals surface area contributed by atoms with Crippen LogP contribution >= 0.6 is 0 Å². The molecule has 1 heterocycles. The van der Waals surface area contributed by atoms with Crippen LogP contribution in [0.15, 0.2) is 12.4 Å². The Kier molecular flexibility index (Phi) is 4.20. The highest BCUT2D eigenvalue weighted by Crippen LogP contribution is 2.13. The average molecular weight is 224 g/mol. The molecule has 0 radical (unpaired) electrons. The van der Waals surface area contributed by atoms with Crippen molar-refractivity contribution in [3.05, 3.63) is 18.1 Å². The summed E-state index contributed by atoms with van der Waals surface area (Å²) < 4.78 is 5.60. The zero-order valence-electron chi connectivity index (χ0n) is 10.4. The van der Waals surface area contributed by atoms with Crippen LogP contribution in [0.5, 0.6) is 5.88 Å². The van der Waals surface area contributed by atoms with E-state index in [1.54, 1.807) is 12.4 Å². The topological polar surface area (TPSA) is 64.3 Å². The smallest absolute Gasteiger partial charge is 0.232 e. The predicted octanol–water partition coefficient (Wildman–Crippen LogP) is 0.654. The molecular formula is C11H20N4O. The van der Waals surface area contributed by atoms with Crippen molar-refractivity contribution in [2.24, 2.45) is 5.73 Å². The van der Waals surface area contributed by atoms with Crippen LogP contribution in [-0.4, -0.2) is 41.1 Å². The molecule has 5 heteroatoms. The second-order valence-corrected chi connectivity index (χ2v) is 4.55. The van der Waals surface area contributed by atoms with E-state index < -0.39 is 0 Å². The zero-order chi connectivity index (χ0) is 12.2. The van der Waals surface area contributed by atoms with Crippen LogP contribution in [0.25, 0.3) is 0 Å². The fourth-order valence-electron chi connectivity index (χ4n) is 0.934. The van der Waals surface area contributed by atoms with Crippen molar-refractivity contribution < 1.29 is 4.74 Å². The molecule has 0 saturated carbocycles. The Bertz CT molecular complexity index is 339. The van der Waals surface area contributed by atoms with E-state index in [9.17, 15) is 0 Å². The van der Waals surface area contributed by atoms with Crippen molar-refractivity contribution in [2.75, 3.05) is 20.7 Å². The van der Waals surface area contributed by atoms with Gasteiger partial charge in [0.05, 0.1) is 11.9 Å². The van der Waals surface area contributed by atoms with Crippen molar-refractivity contribution in [1.29, 1.82) is 0 Å². The molecule has 1 aromatic heterocycles. The quantitative estimate of drug-likeness (QED) is 0.795. The molecule has 2 N–H and O–H groups in total. The average Bonchev–Trinajstić information content (AvgIpc) is 2.26. The third kappa shape index (κ3) is 3.43. The Morgan fingerprint density at radius 1 is 1.38 bits per heavy atom. The standard InChI is InChI=1S/C11H20N4O/c1-11(2,15(3)4)8-16-10-7-13-6-9(5-12)14-10/h6-7H,5,8,12H2,1-4H3. The van der Waals surface area contributed by atoms with Gasteiger partial charge in [-0.1, -0.05) is 0 Å². The maximum absolute atomic E-state index is 5.60. The van der Waals surface area contributed by atoms with Gasteiger partial charge < -0.3 is 15.4 Å². The van der Waals surface area contributed by atoms with E-state index in [1.165, 1.54) is 0 Å². The minimum absolute atomic E-state index is 0.0413. The Hall–Kier alpha value is -1.20. The lowest BCUT2D eigenvalue weighted by Gasteiger charge is -2.31. The molecule has 0 fully saturated rings. The molecule has 0 atom stereocenters. The minimum atomic E-state index is -0.0413. The van der Waals surface area contributed by atoms with E-state index >= 15 is 0 Å². The van der Waals surface area contributed by atoms with Gasteiger partial charge in [-0.3, -0.25) is 4.98 Å². The van der Waals surface area contributed by atoms with Gasteiger partial charge in [0, 0.05) is 18.3 Å². The fourth-order valence-corrected chi connectivity index (χ4v) is 0.934. The SMILES string of the molecule is CN(C)C(C)(C)COc1cncc(CN)n1. The van der Waals surface area contributed by atoms with Crippen molar-refractivity contribution >= 4 is 0 Å². The third-order valence-corrected chi connectivity index (χ3v) is 2.66. The molecule has 90 valence electrons. The monoisotopic (exact) mass is 224 g/mol. The molecule has 0 aliphatic carbocycles. The van der Waals surface area contributed by atoms with Gasteiger partial charge in [0.15, 0.2) is 0 Å². The van der Waals surface area contributed by atoms with E-state index in [4.69, 9.17) is 10.5 Å². The first-order chi connectivity index (χ1) is 7.45. The minimum Gasteiger partial charge on any atom is -0.475 e. The maximum atomic E-state index is 5.60. The van der Waals surface area contributed by atoms with Gasteiger partial charge in [-0.15, -0.1) is 0 Å². The van der Waals surface area contributed by atoms with Crippen LogP contribution in [0.4, 0.5) is 0 Å². The number of nitrogens with two attached hydrogens (primary N) is 1. The maximum Gasteiger partial charge on any atom is 0.232 e. The molecule has 0 unspecified atom stereocenters. The van der Waals surface area contributed by atoms with Gasteiger partial charge >= 0.3 is 0 Å². The molecule has 0 aliphatic heterocycles. The highest BCUT2D eigenvalue weighted by Gasteiger charge is 2.21. The predicted molar refractivity (Wildman–Crippen MR) is 63.2 cm³/mol. The first kappa shape index (κ1) is 12.9. The van der Waals surface area contributed by atoms with Crippen LogP contribution in [-0.2, 0) is 6.54 Å².